The van der Waals surface area contributed by atoms with Crippen molar-refractivity contribution in [1.29, 1.82) is 0 Å². The monoisotopic (exact) mass is 282 g/mol. The highest BCUT2D eigenvalue weighted by Gasteiger charge is 2.16. The molecule has 0 atom stereocenters. The summed E-state index contributed by atoms with van der Waals surface area (Å²) in [5, 5.41) is 19.7. The van der Waals surface area contributed by atoms with Gasteiger partial charge in [-0.1, -0.05) is 18.2 Å². The number of carboxylic acid groups (broad SMARTS) is 1. The molecule has 21 heavy (non-hydrogen) atoms. The van der Waals surface area contributed by atoms with Gasteiger partial charge in [0, 0.05) is 23.2 Å². The van der Waals surface area contributed by atoms with Gasteiger partial charge in [-0.2, -0.15) is 0 Å². The van der Waals surface area contributed by atoms with Gasteiger partial charge in [-0.15, -0.1) is 0 Å². The molecule has 2 N–H and O–H groups in total. The van der Waals surface area contributed by atoms with Crippen LogP contribution in [-0.2, 0) is 0 Å². The van der Waals surface area contributed by atoms with Crippen molar-refractivity contribution < 1.29 is 15.0 Å². The van der Waals surface area contributed by atoms with Crippen LogP contribution in [0.2, 0.25) is 0 Å². The predicted octanol–water partition coefficient (Wildman–Crippen LogP) is 1.79. The molecular formula is C15H10N2O4. The van der Waals surface area contributed by atoms with Gasteiger partial charge in [0.15, 0.2) is 11.6 Å². The number of carboxylic acids is 1. The van der Waals surface area contributed by atoms with E-state index in [4.69, 9.17) is 0 Å². The standard InChI is InChI=1S/C15H10N2O4/c18-12-6-3-7-16-13(12)17-8-11(15(20)21)9-4-1-2-5-10(9)14(17)19/h1-8,18H,(H,20,21). The molecule has 0 aliphatic carbocycles. The molecule has 0 aliphatic heterocycles. The smallest absolute Gasteiger partial charge is 0.337 e. The zero-order valence-corrected chi connectivity index (χ0v) is 10.7. The van der Waals surface area contributed by atoms with Gasteiger partial charge in [0.25, 0.3) is 5.56 Å². The number of pyridine rings is 2. The first kappa shape index (κ1) is 12.9. The van der Waals surface area contributed by atoms with Crippen LogP contribution < -0.4 is 5.56 Å². The molecule has 1 aromatic carbocycles. The summed E-state index contributed by atoms with van der Waals surface area (Å²) in [6.45, 7) is 0. The van der Waals surface area contributed by atoms with Gasteiger partial charge in [0.05, 0.1) is 5.56 Å². The van der Waals surface area contributed by atoms with Crippen LogP contribution in [0.25, 0.3) is 16.6 Å². The molecule has 0 spiro atoms. The van der Waals surface area contributed by atoms with Gasteiger partial charge in [0.1, 0.15) is 0 Å². The number of hydrogen-bond acceptors (Lipinski definition) is 4. The topological polar surface area (TPSA) is 92.4 Å². The Labute approximate surface area is 118 Å². The molecule has 6 heteroatoms. The lowest BCUT2D eigenvalue weighted by Crippen LogP contribution is -2.21. The molecule has 2 aromatic heterocycles. The number of aromatic carboxylic acids is 1. The number of rotatable bonds is 2. The summed E-state index contributed by atoms with van der Waals surface area (Å²) >= 11 is 0. The van der Waals surface area contributed by atoms with E-state index in [9.17, 15) is 19.8 Å². The highest BCUT2D eigenvalue weighted by molar-refractivity contribution is 6.03. The first-order valence-electron chi connectivity index (χ1n) is 6.11. The molecular weight excluding hydrogens is 272 g/mol. The fourth-order valence-corrected chi connectivity index (χ4v) is 2.19. The zero-order valence-electron chi connectivity index (χ0n) is 10.7. The van der Waals surface area contributed by atoms with Crippen LogP contribution in [0.5, 0.6) is 5.75 Å². The van der Waals surface area contributed by atoms with Crippen LogP contribution in [0, 0.1) is 0 Å². The molecule has 0 fully saturated rings. The van der Waals surface area contributed by atoms with Gasteiger partial charge in [-0.25, -0.2) is 9.78 Å². The molecule has 3 aromatic rings. The van der Waals surface area contributed by atoms with Gasteiger partial charge >= 0.3 is 5.97 Å². The van der Waals surface area contributed by atoms with Crippen molar-refractivity contribution in [1.82, 2.24) is 9.55 Å². The van der Waals surface area contributed by atoms with Gasteiger partial charge in [-0.3, -0.25) is 9.36 Å². The van der Waals surface area contributed by atoms with E-state index in [0.29, 0.717) is 5.39 Å². The minimum atomic E-state index is -1.16. The van der Waals surface area contributed by atoms with E-state index >= 15 is 0 Å². The SMILES string of the molecule is O=C(O)c1cn(-c2ncccc2O)c(=O)c2ccccc12. The van der Waals surface area contributed by atoms with Crippen LogP contribution in [0.4, 0.5) is 0 Å². The lowest BCUT2D eigenvalue weighted by Gasteiger charge is -2.10. The van der Waals surface area contributed by atoms with Crippen LogP contribution in [0.3, 0.4) is 0 Å². The maximum Gasteiger partial charge on any atom is 0.337 e. The van der Waals surface area contributed by atoms with Crippen LogP contribution in [0.15, 0.2) is 53.6 Å². The summed E-state index contributed by atoms with van der Waals surface area (Å²) in [4.78, 5) is 27.8. The molecule has 0 amide bonds. The predicted molar refractivity (Wildman–Crippen MR) is 76.0 cm³/mol. The van der Waals surface area contributed by atoms with Crippen LogP contribution >= 0.6 is 0 Å². The van der Waals surface area contributed by atoms with E-state index in [0.717, 1.165) is 4.57 Å². The summed E-state index contributed by atoms with van der Waals surface area (Å²) in [5.41, 5.74) is -0.472. The second-order valence-electron chi connectivity index (χ2n) is 4.41. The number of benzene rings is 1. The highest BCUT2D eigenvalue weighted by atomic mass is 16.4. The Hall–Kier alpha value is -3.15. The van der Waals surface area contributed by atoms with Crippen molar-refractivity contribution >= 4 is 16.7 Å². The third-order valence-corrected chi connectivity index (χ3v) is 3.15. The van der Waals surface area contributed by atoms with E-state index in [1.165, 1.54) is 24.5 Å². The molecule has 0 unspecified atom stereocenters. The van der Waals surface area contributed by atoms with Crippen molar-refractivity contribution in [3.8, 4) is 11.6 Å². The van der Waals surface area contributed by atoms with Crippen molar-refractivity contribution in [2.45, 2.75) is 0 Å². The molecule has 0 bridgehead atoms. The van der Waals surface area contributed by atoms with Crippen molar-refractivity contribution in [3.63, 3.8) is 0 Å². The maximum absolute atomic E-state index is 12.5. The molecule has 104 valence electrons. The number of fused-ring (bicyclic) bond motifs is 1. The van der Waals surface area contributed by atoms with E-state index in [-0.39, 0.29) is 22.5 Å². The molecule has 0 aliphatic rings. The summed E-state index contributed by atoms with van der Waals surface area (Å²) in [5.74, 6) is -1.36. The maximum atomic E-state index is 12.5. The first-order chi connectivity index (χ1) is 10.1. The van der Waals surface area contributed by atoms with E-state index in [1.807, 2.05) is 0 Å². The molecule has 0 saturated heterocycles. The Balaban J connectivity index is 2.45. The Morgan fingerprint density at radius 1 is 1.10 bits per heavy atom. The number of nitrogens with zero attached hydrogens (tertiary/aromatic N) is 2. The average Bonchev–Trinajstić information content (AvgIpc) is 2.48. The minimum Gasteiger partial charge on any atom is -0.504 e. The number of aromatic nitrogens is 2. The molecule has 2 heterocycles. The first-order valence-corrected chi connectivity index (χ1v) is 6.11. The minimum absolute atomic E-state index is 0.00393. The van der Waals surface area contributed by atoms with Gasteiger partial charge < -0.3 is 10.2 Å². The van der Waals surface area contributed by atoms with Crippen LogP contribution in [-0.4, -0.2) is 25.7 Å². The molecule has 0 radical (unpaired) electrons. The van der Waals surface area contributed by atoms with Gasteiger partial charge in [-0.05, 0) is 18.2 Å². The van der Waals surface area contributed by atoms with Gasteiger partial charge in [0.2, 0.25) is 0 Å². The Kier molecular flexibility index (Phi) is 2.91. The summed E-state index contributed by atoms with van der Waals surface area (Å²) in [6.07, 6.45) is 2.59. The second-order valence-corrected chi connectivity index (χ2v) is 4.41. The third kappa shape index (κ3) is 2.02. The summed E-state index contributed by atoms with van der Waals surface area (Å²) < 4.78 is 1.04. The van der Waals surface area contributed by atoms with E-state index in [1.54, 1.807) is 24.3 Å². The Bertz CT molecular complexity index is 915. The van der Waals surface area contributed by atoms with E-state index < -0.39 is 11.5 Å². The molecule has 6 nitrogen and oxygen atoms in total. The quantitative estimate of drug-likeness (QED) is 0.747. The number of carbonyl (C=O) groups is 1. The lowest BCUT2D eigenvalue weighted by atomic mass is 10.1. The summed E-state index contributed by atoms with van der Waals surface area (Å²) in [6, 6.07) is 9.33. The molecule has 3 rings (SSSR count). The molecule has 0 saturated carbocycles. The van der Waals surface area contributed by atoms with Crippen LogP contribution in [0.1, 0.15) is 10.4 Å². The average molecular weight is 282 g/mol. The normalized spacial score (nSPS) is 10.7. The fraction of sp³-hybridized carbons (Fsp3) is 0. The van der Waals surface area contributed by atoms with Crippen molar-refractivity contribution in [3.05, 3.63) is 64.7 Å². The number of hydrogen-bond donors (Lipinski definition) is 2. The highest BCUT2D eigenvalue weighted by Crippen LogP contribution is 2.20. The second kappa shape index (κ2) is 4.75. The zero-order chi connectivity index (χ0) is 15.0. The fourth-order valence-electron chi connectivity index (χ4n) is 2.19. The largest absolute Gasteiger partial charge is 0.504 e. The van der Waals surface area contributed by atoms with Crippen molar-refractivity contribution in [2.75, 3.05) is 0 Å². The number of aromatic hydroxyl groups is 1. The summed E-state index contributed by atoms with van der Waals surface area (Å²) in [7, 11) is 0. The third-order valence-electron chi connectivity index (χ3n) is 3.15. The Morgan fingerprint density at radius 3 is 2.48 bits per heavy atom. The lowest BCUT2D eigenvalue weighted by molar-refractivity contribution is 0.0698. The van der Waals surface area contributed by atoms with Crippen molar-refractivity contribution in [2.24, 2.45) is 0 Å². The van der Waals surface area contributed by atoms with E-state index in [2.05, 4.69) is 4.98 Å². The Morgan fingerprint density at radius 2 is 1.81 bits per heavy atom.